The van der Waals surface area contributed by atoms with Crippen LogP contribution in [0.3, 0.4) is 0 Å². The van der Waals surface area contributed by atoms with E-state index in [4.69, 9.17) is 11.2 Å². The predicted molar refractivity (Wildman–Crippen MR) is 117 cm³/mol. The fraction of sp³-hybridized carbons (Fsp3) is 0.292. The molecule has 0 heterocycles. The maximum absolute atomic E-state index is 12.6. The minimum atomic E-state index is -1.10. The van der Waals surface area contributed by atoms with Crippen molar-refractivity contribution in [3.8, 4) is 23.6 Å². The number of carbonyl (C=O) groups excluding carboxylic acids is 3. The molecular weight excluding hydrogens is 394 g/mol. The summed E-state index contributed by atoms with van der Waals surface area (Å²) in [5.41, 5.74) is 3.20. The maximum atomic E-state index is 12.6. The molecule has 1 aromatic rings. The van der Waals surface area contributed by atoms with Gasteiger partial charge in [-0.3, -0.25) is 14.5 Å². The van der Waals surface area contributed by atoms with Crippen molar-refractivity contribution in [2.75, 3.05) is 20.2 Å². The van der Waals surface area contributed by atoms with Crippen LogP contribution in [0.4, 0.5) is 0 Å². The third kappa shape index (κ3) is 5.93. The van der Waals surface area contributed by atoms with Crippen LogP contribution in [0.2, 0.25) is 0 Å². The molecule has 7 heteroatoms. The highest BCUT2D eigenvalue weighted by Gasteiger charge is 2.31. The lowest BCUT2D eigenvalue weighted by molar-refractivity contribution is -0.145. The van der Waals surface area contributed by atoms with Crippen LogP contribution in [0, 0.1) is 12.5 Å². The zero-order chi connectivity index (χ0) is 22.2. The summed E-state index contributed by atoms with van der Waals surface area (Å²) in [4.78, 5) is 37.4. The van der Waals surface area contributed by atoms with E-state index >= 15 is 0 Å². The molecule has 1 atom stereocenters. The van der Waals surface area contributed by atoms with Crippen LogP contribution in [-0.2, 0) is 14.3 Å². The molecule has 2 N–H and O–H groups in total. The topological polar surface area (TPSA) is 87.7 Å². The number of hydrogen-bond acceptors (Lipinski definition) is 5. The van der Waals surface area contributed by atoms with Gasteiger partial charge in [0, 0.05) is 24.2 Å². The minimum absolute atomic E-state index is 0.124. The third-order valence-electron chi connectivity index (χ3n) is 5.00. The van der Waals surface area contributed by atoms with Gasteiger partial charge in [0.25, 0.3) is 5.91 Å². The number of esters is 1. The second kappa shape index (κ2) is 10.4. The van der Waals surface area contributed by atoms with Crippen molar-refractivity contribution < 1.29 is 19.1 Å². The van der Waals surface area contributed by atoms with Gasteiger partial charge in [-0.2, -0.15) is 0 Å². The molecule has 3 aliphatic rings. The van der Waals surface area contributed by atoms with Crippen molar-refractivity contribution in [2.24, 2.45) is 0 Å². The van der Waals surface area contributed by atoms with Gasteiger partial charge in [-0.25, -0.2) is 4.79 Å². The lowest BCUT2D eigenvalue weighted by Crippen LogP contribution is -2.50. The molecule has 31 heavy (non-hydrogen) atoms. The van der Waals surface area contributed by atoms with Gasteiger partial charge in [0.05, 0.1) is 13.7 Å². The number of fused-ring (bicyclic) bond motifs is 1. The van der Waals surface area contributed by atoms with E-state index < -0.39 is 17.9 Å². The Balaban J connectivity index is 0.000000381. The molecule has 160 valence electrons. The van der Waals surface area contributed by atoms with Gasteiger partial charge in [-0.15, -0.1) is 0 Å². The first kappa shape index (κ1) is 22.1. The Morgan fingerprint density at radius 1 is 1.10 bits per heavy atom. The van der Waals surface area contributed by atoms with E-state index in [0.29, 0.717) is 11.6 Å². The van der Waals surface area contributed by atoms with E-state index in [1.54, 1.807) is 30.3 Å². The van der Waals surface area contributed by atoms with Gasteiger partial charge >= 0.3 is 5.97 Å². The zero-order valence-electron chi connectivity index (χ0n) is 17.3. The summed E-state index contributed by atoms with van der Waals surface area (Å²) in [7, 11) is 1.20. The first-order chi connectivity index (χ1) is 15.0. The third-order valence-corrected chi connectivity index (χ3v) is 5.00. The molecule has 0 spiro atoms. The number of ether oxygens (including phenoxy) is 1. The summed E-state index contributed by atoms with van der Waals surface area (Å²) in [6, 6.07) is 18.3. The van der Waals surface area contributed by atoms with Gasteiger partial charge in [-0.05, 0) is 36.1 Å². The van der Waals surface area contributed by atoms with E-state index in [9.17, 15) is 14.4 Å². The summed E-state index contributed by atoms with van der Waals surface area (Å²) in [5.74, 6) is -1.48. The van der Waals surface area contributed by atoms with Gasteiger partial charge in [0.15, 0.2) is 6.04 Å². The number of nitrogens with zero attached hydrogens (tertiary/aromatic N) is 1. The molecule has 1 fully saturated rings. The van der Waals surface area contributed by atoms with Crippen LogP contribution >= 0.6 is 0 Å². The van der Waals surface area contributed by atoms with Gasteiger partial charge in [0.1, 0.15) is 0 Å². The van der Waals surface area contributed by atoms with Gasteiger partial charge in [0.2, 0.25) is 5.91 Å². The summed E-state index contributed by atoms with van der Waals surface area (Å²) in [6.45, 7) is 0.0296. The Bertz CT molecular complexity index is 942. The minimum Gasteiger partial charge on any atom is -0.467 e. The number of benzene rings is 2. The van der Waals surface area contributed by atoms with E-state index in [1.165, 1.54) is 18.2 Å². The van der Waals surface area contributed by atoms with Crippen LogP contribution < -0.4 is 10.6 Å². The summed E-state index contributed by atoms with van der Waals surface area (Å²) in [6.07, 6.45) is 7.57. The second-order valence-corrected chi connectivity index (χ2v) is 7.25. The highest BCUT2D eigenvalue weighted by molar-refractivity contribution is 5.98. The molecule has 2 amide bonds. The Morgan fingerprint density at radius 2 is 1.71 bits per heavy atom. The Labute approximate surface area is 181 Å². The van der Waals surface area contributed by atoms with Crippen molar-refractivity contribution in [3.63, 3.8) is 0 Å². The number of nitrogens with one attached hydrogen (secondary N) is 2. The zero-order valence-corrected chi connectivity index (χ0v) is 17.3. The molecule has 3 aliphatic carbocycles. The molecule has 0 bridgehead atoms. The van der Waals surface area contributed by atoms with Crippen LogP contribution in [-0.4, -0.2) is 55.0 Å². The standard InChI is InChI=1S/C18H21N3O4.C6H4/c1-3-21(17(23)13-7-5-4-6-8-13)15(18(24)25-2)11-20-16(22)12-19-14-9-10-14;1-2-6-4-3-5(1)6/h1,4-8,14-15,19H,9-12H2,2H3,(H,20,22);1-4H. The number of hydrogen-bond donors (Lipinski definition) is 2. The monoisotopic (exact) mass is 419 g/mol. The second-order valence-electron chi connectivity index (χ2n) is 7.25. The van der Waals surface area contributed by atoms with E-state index in [0.717, 1.165) is 17.7 Å². The number of carbonyl (C=O) groups is 3. The average molecular weight is 419 g/mol. The summed E-state index contributed by atoms with van der Waals surface area (Å²) < 4.78 is 4.73. The smallest absolute Gasteiger partial charge is 0.331 e. The molecule has 0 aliphatic heterocycles. The van der Waals surface area contributed by atoms with Crippen molar-refractivity contribution in [3.05, 3.63) is 60.2 Å². The number of methoxy groups -OCH3 is 1. The molecular formula is C24H25N3O4. The molecule has 7 nitrogen and oxygen atoms in total. The molecule has 0 saturated heterocycles. The van der Waals surface area contributed by atoms with Crippen LogP contribution in [0.1, 0.15) is 23.2 Å². The lowest BCUT2D eigenvalue weighted by Gasteiger charge is -2.25. The van der Waals surface area contributed by atoms with Crippen molar-refractivity contribution in [2.45, 2.75) is 24.9 Å². The fourth-order valence-electron chi connectivity index (χ4n) is 2.89. The summed E-state index contributed by atoms with van der Waals surface area (Å²) >= 11 is 0. The SMILES string of the molecule is C#CN(C(=O)c1ccccc1)C(CNC(=O)CNC1CC1)C(=O)OC.c1cc2ccc1-2. The molecule has 4 rings (SSSR count). The quantitative estimate of drug-likeness (QED) is 0.330. The van der Waals surface area contributed by atoms with Crippen LogP contribution in [0.25, 0.3) is 11.1 Å². The first-order valence-corrected chi connectivity index (χ1v) is 10.1. The van der Waals surface area contributed by atoms with Gasteiger partial charge in [-0.1, -0.05) is 48.9 Å². The lowest BCUT2D eigenvalue weighted by atomic mass is 9.95. The van der Waals surface area contributed by atoms with Crippen molar-refractivity contribution in [1.82, 2.24) is 15.5 Å². The number of rotatable bonds is 8. The largest absolute Gasteiger partial charge is 0.467 e. The first-order valence-electron chi connectivity index (χ1n) is 10.1. The van der Waals surface area contributed by atoms with E-state index in [2.05, 4.69) is 40.9 Å². The molecule has 1 aromatic carbocycles. The predicted octanol–water partition coefficient (Wildman–Crippen LogP) is 1.80. The normalized spacial score (nSPS) is 13.5. The number of terminal acetylenes is 1. The van der Waals surface area contributed by atoms with E-state index in [1.807, 2.05) is 0 Å². The molecule has 0 aromatic heterocycles. The fourth-order valence-corrected chi connectivity index (χ4v) is 2.89. The Kier molecular flexibility index (Phi) is 7.41. The van der Waals surface area contributed by atoms with E-state index in [-0.39, 0.29) is 19.0 Å². The Hall–Kier alpha value is -3.63. The van der Waals surface area contributed by atoms with Gasteiger partial charge < -0.3 is 15.4 Å². The highest BCUT2D eigenvalue weighted by atomic mass is 16.5. The maximum Gasteiger partial charge on any atom is 0.331 e. The molecule has 1 saturated carbocycles. The molecule has 1 unspecified atom stereocenters. The highest BCUT2D eigenvalue weighted by Crippen LogP contribution is 2.29. The Morgan fingerprint density at radius 3 is 2.16 bits per heavy atom. The van der Waals surface area contributed by atoms with Crippen molar-refractivity contribution in [1.29, 1.82) is 0 Å². The van der Waals surface area contributed by atoms with Crippen LogP contribution in [0.5, 0.6) is 0 Å². The van der Waals surface area contributed by atoms with Crippen LogP contribution in [0.15, 0.2) is 54.6 Å². The average Bonchev–Trinajstić information content (AvgIpc) is 3.62. The summed E-state index contributed by atoms with van der Waals surface area (Å²) in [5, 5.41) is 5.68. The number of amides is 2. The van der Waals surface area contributed by atoms with Crippen molar-refractivity contribution >= 4 is 17.8 Å². The molecule has 0 radical (unpaired) electrons.